The molecule has 136 valence electrons. The summed E-state index contributed by atoms with van der Waals surface area (Å²) in [4.78, 5) is 12.6. The van der Waals surface area contributed by atoms with E-state index in [1.807, 2.05) is 0 Å². The van der Waals surface area contributed by atoms with Gasteiger partial charge in [-0.25, -0.2) is 17.5 Å². The minimum absolute atomic E-state index is 0.0356. The number of aryl methyl sites for hydroxylation is 2. The second-order valence-electron chi connectivity index (χ2n) is 5.44. The average Bonchev–Trinajstić information content (AvgIpc) is 2.96. The first-order chi connectivity index (χ1) is 12.2. The van der Waals surface area contributed by atoms with Gasteiger partial charge in [-0.2, -0.15) is 5.10 Å². The molecule has 10 heteroatoms. The molecule has 0 bridgehead atoms. The largest absolute Gasteiger partial charge is 0.278 e. The van der Waals surface area contributed by atoms with Crippen molar-refractivity contribution in [1.29, 1.82) is 0 Å². The van der Waals surface area contributed by atoms with Gasteiger partial charge in [-0.05, 0) is 37.3 Å². The second-order valence-corrected chi connectivity index (χ2v) is 8.76. The van der Waals surface area contributed by atoms with Crippen molar-refractivity contribution < 1.29 is 12.8 Å². The van der Waals surface area contributed by atoms with Crippen LogP contribution in [0.5, 0.6) is 0 Å². The Hall–Kier alpha value is -2.23. The van der Waals surface area contributed by atoms with E-state index in [1.54, 1.807) is 6.92 Å². The maximum absolute atomic E-state index is 13.4. The highest BCUT2D eigenvalue weighted by molar-refractivity contribution is 7.93. The van der Waals surface area contributed by atoms with Gasteiger partial charge in [-0.3, -0.25) is 9.52 Å². The zero-order valence-electron chi connectivity index (χ0n) is 13.7. The molecule has 3 aromatic rings. The van der Waals surface area contributed by atoms with Crippen LogP contribution in [0.2, 0.25) is 5.02 Å². The van der Waals surface area contributed by atoms with Crippen molar-refractivity contribution in [2.45, 2.75) is 11.8 Å². The number of rotatable bonds is 4. The van der Waals surface area contributed by atoms with Crippen LogP contribution in [0, 0.1) is 12.7 Å². The average molecular weight is 414 g/mol. The van der Waals surface area contributed by atoms with E-state index in [2.05, 4.69) is 9.82 Å². The van der Waals surface area contributed by atoms with Crippen LogP contribution in [-0.4, -0.2) is 18.2 Å². The first-order valence-electron chi connectivity index (χ1n) is 7.30. The fourth-order valence-electron chi connectivity index (χ4n) is 2.27. The molecule has 0 aliphatic heterocycles. The van der Waals surface area contributed by atoms with Gasteiger partial charge in [-0.1, -0.05) is 11.6 Å². The van der Waals surface area contributed by atoms with Crippen molar-refractivity contribution in [2.75, 3.05) is 4.72 Å². The lowest BCUT2D eigenvalue weighted by Gasteiger charge is -2.09. The summed E-state index contributed by atoms with van der Waals surface area (Å²) in [6, 6.07) is 7.77. The molecule has 1 N–H and O–H groups in total. The minimum Gasteiger partial charge on any atom is -0.278 e. The fourth-order valence-corrected chi connectivity index (χ4v) is 5.12. The van der Waals surface area contributed by atoms with Crippen LogP contribution in [0.1, 0.15) is 4.88 Å². The fraction of sp³-hybridized carbons (Fsp3) is 0.125. The lowest BCUT2D eigenvalue weighted by Crippen LogP contribution is -2.18. The molecule has 1 aromatic carbocycles. The van der Waals surface area contributed by atoms with E-state index >= 15 is 0 Å². The van der Waals surface area contributed by atoms with Gasteiger partial charge in [0.05, 0.1) is 15.6 Å². The standard InChI is InChI=1S/C16H13ClFN3O3S2/c1-9-15(8-14(25-9)12-5-6-16(22)21(2)19-12)26(23,24)20-13-7-10(18)3-4-11(13)17/h3-8,20H,1-2H3. The molecule has 2 aromatic heterocycles. The van der Waals surface area contributed by atoms with Gasteiger partial charge in [0, 0.05) is 18.0 Å². The maximum Gasteiger partial charge on any atom is 0.266 e. The number of benzene rings is 1. The van der Waals surface area contributed by atoms with E-state index in [-0.39, 0.29) is 21.2 Å². The highest BCUT2D eigenvalue weighted by atomic mass is 35.5. The van der Waals surface area contributed by atoms with Crippen LogP contribution >= 0.6 is 22.9 Å². The number of sulfonamides is 1. The topological polar surface area (TPSA) is 81.1 Å². The highest BCUT2D eigenvalue weighted by Gasteiger charge is 2.22. The van der Waals surface area contributed by atoms with E-state index in [9.17, 15) is 17.6 Å². The molecular weight excluding hydrogens is 401 g/mol. The third-order valence-electron chi connectivity index (χ3n) is 3.55. The number of halogens is 2. The molecule has 0 spiro atoms. The van der Waals surface area contributed by atoms with Crippen LogP contribution in [-0.2, 0) is 17.1 Å². The number of anilines is 1. The SMILES string of the molecule is Cc1sc(-c2ccc(=O)n(C)n2)cc1S(=O)(=O)Nc1cc(F)ccc1Cl. The molecule has 26 heavy (non-hydrogen) atoms. The second kappa shape index (κ2) is 6.82. The summed E-state index contributed by atoms with van der Waals surface area (Å²) in [5.74, 6) is -0.607. The maximum atomic E-state index is 13.4. The zero-order chi connectivity index (χ0) is 19.1. The van der Waals surface area contributed by atoms with Crippen molar-refractivity contribution in [3.63, 3.8) is 0 Å². The molecular formula is C16H13ClFN3O3S2. The monoisotopic (exact) mass is 413 g/mol. The highest BCUT2D eigenvalue weighted by Crippen LogP contribution is 2.34. The van der Waals surface area contributed by atoms with E-state index < -0.39 is 15.8 Å². The molecule has 6 nitrogen and oxygen atoms in total. The van der Waals surface area contributed by atoms with E-state index in [1.165, 1.54) is 47.3 Å². The zero-order valence-corrected chi connectivity index (χ0v) is 16.0. The van der Waals surface area contributed by atoms with Gasteiger partial charge in [0.25, 0.3) is 15.6 Å². The summed E-state index contributed by atoms with van der Waals surface area (Å²) in [5, 5.41) is 4.20. The molecule has 0 radical (unpaired) electrons. The number of hydrogen-bond donors (Lipinski definition) is 1. The number of hydrogen-bond acceptors (Lipinski definition) is 5. The molecule has 0 saturated heterocycles. The summed E-state index contributed by atoms with van der Waals surface area (Å²) in [7, 11) is -2.46. The Morgan fingerprint density at radius 2 is 1.96 bits per heavy atom. The third-order valence-corrected chi connectivity index (χ3v) is 6.57. The third kappa shape index (κ3) is 3.64. The molecule has 0 unspecified atom stereocenters. The van der Waals surface area contributed by atoms with Crippen LogP contribution < -0.4 is 10.3 Å². The van der Waals surface area contributed by atoms with Crippen molar-refractivity contribution in [1.82, 2.24) is 9.78 Å². The number of thiophene rings is 1. The van der Waals surface area contributed by atoms with Crippen LogP contribution in [0.4, 0.5) is 10.1 Å². The Morgan fingerprint density at radius 1 is 1.23 bits per heavy atom. The molecule has 0 fully saturated rings. The van der Waals surface area contributed by atoms with Crippen molar-refractivity contribution >= 4 is 38.6 Å². The molecule has 0 saturated carbocycles. The molecule has 0 amide bonds. The van der Waals surface area contributed by atoms with Crippen molar-refractivity contribution in [3.8, 4) is 10.6 Å². The van der Waals surface area contributed by atoms with Crippen LogP contribution in [0.25, 0.3) is 10.6 Å². The molecule has 0 aliphatic carbocycles. The van der Waals surface area contributed by atoms with E-state index in [0.717, 1.165) is 12.1 Å². The summed E-state index contributed by atoms with van der Waals surface area (Å²) in [5.41, 5.74) is 0.168. The van der Waals surface area contributed by atoms with Gasteiger partial charge >= 0.3 is 0 Å². The summed E-state index contributed by atoms with van der Waals surface area (Å²) >= 11 is 7.15. The summed E-state index contributed by atoms with van der Waals surface area (Å²) in [6.45, 7) is 1.65. The molecule has 3 rings (SSSR count). The molecule has 2 heterocycles. The lowest BCUT2D eigenvalue weighted by molar-refractivity contribution is 0.601. The quantitative estimate of drug-likeness (QED) is 0.710. The van der Waals surface area contributed by atoms with Gasteiger partial charge in [-0.15, -0.1) is 11.3 Å². The van der Waals surface area contributed by atoms with E-state index in [4.69, 9.17) is 11.6 Å². The Kier molecular flexibility index (Phi) is 4.87. The normalized spacial score (nSPS) is 11.5. The van der Waals surface area contributed by atoms with Crippen LogP contribution in [0.15, 0.2) is 46.1 Å². The van der Waals surface area contributed by atoms with Crippen LogP contribution in [0.3, 0.4) is 0 Å². The smallest absolute Gasteiger partial charge is 0.266 e. The number of nitrogens with zero attached hydrogens (tertiary/aromatic N) is 2. The van der Waals surface area contributed by atoms with Gasteiger partial charge in [0.15, 0.2) is 0 Å². The Morgan fingerprint density at radius 3 is 2.65 bits per heavy atom. The predicted octanol–water partition coefficient (Wildman–Crippen LogP) is 3.41. The lowest BCUT2D eigenvalue weighted by atomic mass is 10.3. The minimum atomic E-state index is -3.98. The summed E-state index contributed by atoms with van der Waals surface area (Å²) < 4.78 is 42.2. The number of aromatic nitrogens is 2. The number of nitrogens with one attached hydrogen (secondary N) is 1. The van der Waals surface area contributed by atoms with Gasteiger partial charge in [0.1, 0.15) is 16.4 Å². The van der Waals surface area contributed by atoms with Gasteiger partial charge < -0.3 is 0 Å². The van der Waals surface area contributed by atoms with Crippen molar-refractivity contribution in [2.24, 2.45) is 7.05 Å². The Bertz CT molecular complexity index is 1160. The first-order valence-corrected chi connectivity index (χ1v) is 9.98. The Balaban J connectivity index is 2.01. The van der Waals surface area contributed by atoms with E-state index in [0.29, 0.717) is 15.4 Å². The predicted molar refractivity (Wildman–Crippen MR) is 99.7 cm³/mol. The summed E-state index contributed by atoms with van der Waals surface area (Å²) in [6.07, 6.45) is 0. The first kappa shape index (κ1) is 18.6. The van der Waals surface area contributed by atoms with Gasteiger partial charge in [0.2, 0.25) is 0 Å². The molecule has 0 atom stereocenters. The van der Waals surface area contributed by atoms with Crippen molar-refractivity contribution in [3.05, 3.63) is 62.5 Å². The molecule has 0 aliphatic rings. The Labute approximate surface area is 157 Å².